The van der Waals surface area contributed by atoms with Gasteiger partial charge in [-0.25, -0.2) is 4.79 Å². The minimum Gasteiger partial charge on any atom is -0.364 e. The van der Waals surface area contributed by atoms with E-state index in [0.717, 1.165) is 0 Å². The number of hydrogen-bond donors (Lipinski definition) is 2. The molecule has 1 heterocycles. The first-order valence-corrected chi connectivity index (χ1v) is 3.77. The average Bonchev–Trinajstić information content (AvgIpc) is 2.16. The summed E-state index contributed by atoms with van der Waals surface area (Å²) in [6.45, 7) is 0.191. The number of carbonyl (C=O) groups is 1. The number of urea groups is 1. The number of ether oxygens (including phenoxy) is 1. The van der Waals surface area contributed by atoms with Gasteiger partial charge in [0.15, 0.2) is 0 Å². The Kier molecular flexibility index (Phi) is 3.72. The third-order valence-electron chi connectivity index (χ3n) is 1.32. The predicted octanol–water partition coefficient (Wildman–Crippen LogP) is 0.807. The molecular weight excluding hydrogens is 170 g/mol. The van der Waals surface area contributed by atoms with Crippen molar-refractivity contribution in [2.24, 2.45) is 0 Å². The molecule has 1 aromatic rings. The smallest absolute Gasteiger partial charge is 0.321 e. The molecule has 70 valence electrons. The molecular formula is C8H11N3O2. The van der Waals surface area contributed by atoms with Crippen LogP contribution in [0.25, 0.3) is 0 Å². The highest BCUT2D eigenvalue weighted by Gasteiger charge is 1.98. The second kappa shape index (κ2) is 5.10. The van der Waals surface area contributed by atoms with Crippen LogP contribution in [-0.2, 0) is 4.74 Å². The molecule has 0 aliphatic carbocycles. The number of carbonyl (C=O) groups excluding carboxylic acids is 1. The van der Waals surface area contributed by atoms with E-state index < -0.39 is 0 Å². The van der Waals surface area contributed by atoms with Crippen LogP contribution < -0.4 is 10.6 Å². The first-order chi connectivity index (χ1) is 6.33. The summed E-state index contributed by atoms with van der Waals surface area (Å²) in [7, 11) is 1.51. The van der Waals surface area contributed by atoms with Crippen LogP contribution in [0.1, 0.15) is 0 Å². The number of rotatable bonds is 3. The van der Waals surface area contributed by atoms with Crippen molar-refractivity contribution in [1.82, 2.24) is 10.3 Å². The highest BCUT2D eigenvalue weighted by Crippen LogP contribution is 2.01. The van der Waals surface area contributed by atoms with Crippen molar-refractivity contribution in [3.05, 3.63) is 24.5 Å². The van der Waals surface area contributed by atoms with E-state index in [-0.39, 0.29) is 12.8 Å². The first-order valence-electron chi connectivity index (χ1n) is 3.77. The van der Waals surface area contributed by atoms with E-state index in [0.29, 0.717) is 5.69 Å². The topological polar surface area (TPSA) is 63.2 Å². The predicted molar refractivity (Wildman–Crippen MR) is 48.3 cm³/mol. The van der Waals surface area contributed by atoms with E-state index in [1.54, 1.807) is 24.5 Å². The molecule has 0 bridgehead atoms. The molecule has 0 radical (unpaired) electrons. The van der Waals surface area contributed by atoms with Crippen molar-refractivity contribution >= 4 is 11.7 Å². The summed E-state index contributed by atoms with van der Waals surface area (Å²) in [5.41, 5.74) is 0.698. The number of nitrogens with one attached hydrogen (secondary N) is 2. The van der Waals surface area contributed by atoms with Gasteiger partial charge in [-0.3, -0.25) is 4.98 Å². The maximum absolute atomic E-state index is 11.0. The fraction of sp³-hybridized carbons (Fsp3) is 0.250. The number of anilines is 1. The third kappa shape index (κ3) is 3.53. The molecule has 0 saturated carbocycles. The van der Waals surface area contributed by atoms with Crippen LogP contribution in [0, 0.1) is 0 Å². The number of nitrogens with zero attached hydrogens (tertiary/aromatic N) is 1. The Labute approximate surface area is 76.1 Å². The molecule has 0 spiro atoms. The summed E-state index contributed by atoms with van der Waals surface area (Å²) in [4.78, 5) is 14.9. The zero-order valence-corrected chi connectivity index (χ0v) is 7.28. The lowest BCUT2D eigenvalue weighted by atomic mass is 10.4. The van der Waals surface area contributed by atoms with E-state index >= 15 is 0 Å². The quantitative estimate of drug-likeness (QED) is 0.678. The van der Waals surface area contributed by atoms with Gasteiger partial charge in [0.2, 0.25) is 0 Å². The molecule has 0 saturated heterocycles. The Bertz CT molecular complexity index is 263. The molecule has 0 aliphatic heterocycles. The van der Waals surface area contributed by atoms with Crippen molar-refractivity contribution in [3.8, 4) is 0 Å². The van der Waals surface area contributed by atoms with Crippen molar-refractivity contribution in [1.29, 1.82) is 0 Å². The Morgan fingerprint density at radius 3 is 2.85 bits per heavy atom. The van der Waals surface area contributed by atoms with Crippen LogP contribution in [0.15, 0.2) is 24.5 Å². The van der Waals surface area contributed by atoms with Gasteiger partial charge in [-0.05, 0) is 12.1 Å². The summed E-state index contributed by atoms with van der Waals surface area (Å²) in [6, 6.07) is 3.10. The summed E-state index contributed by atoms with van der Waals surface area (Å²) < 4.78 is 4.67. The van der Waals surface area contributed by atoms with E-state index in [4.69, 9.17) is 0 Å². The molecule has 0 aliphatic rings. The lowest BCUT2D eigenvalue weighted by molar-refractivity contribution is 0.177. The van der Waals surface area contributed by atoms with E-state index in [9.17, 15) is 4.79 Å². The molecule has 13 heavy (non-hydrogen) atoms. The Hall–Kier alpha value is -1.62. The van der Waals surface area contributed by atoms with Crippen molar-refractivity contribution < 1.29 is 9.53 Å². The summed E-state index contributed by atoms with van der Waals surface area (Å²) in [5.74, 6) is 0. The maximum Gasteiger partial charge on any atom is 0.321 e. The van der Waals surface area contributed by atoms with Crippen molar-refractivity contribution in [3.63, 3.8) is 0 Å². The minimum atomic E-state index is -0.298. The van der Waals surface area contributed by atoms with Crippen LogP contribution in [0.4, 0.5) is 10.5 Å². The Balaban J connectivity index is 2.37. The van der Waals surface area contributed by atoms with Gasteiger partial charge >= 0.3 is 6.03 Å². The largest absolute Gasteiger partial charge is 0.364 e. The molecule has 1 rings (SSSR count). The lowest BCUT2D eigenvalue weighted by Gasteiger charge is -2.05. The molecule has 0 atom stereocenters. The second-order valence-electron chi connectivity index (χ2n) is 2.30. The van der Waals surface area contributed by atoms with Crippen LogP contribution in [0.3, 0.4) is 0 Å². The SMILES string of the molecule is COCNC(=O)Nc1ccncc1. The van der Waals surface area contributed by atoms with Crippen LogP contribution >= 0.6 is 0 Å². The van der Waals surface area contributed by atoms with Gasteiger partial charge in [0, 0.05) is 25.2 Å². The zero-order valence-electron chi connectivity index (χ0n) is 7.28. The van der Waals surface area contributed by atoms with Crippen LogP contribution in [0.5, 0.6) is 0 Å². The Morgan fingerprint density at radius 1 is 1.54 bits per heavy atom. The molecule has 5 heteroatoms. The standard InChI is InChI=1S/C8H11N3O2/c1-13-6-10-8(12)11-7-2-4-9-5-3-7/h2-5H,6H2,1H3,(H2,9,10,11,12). The normalized spacial score (nSPS) is 9.31. The van der Waals surface area contributed by atoms with Crippen molar-refractivity contribution in [2.45, 2.75) is 0 Å². The lowest BCUT2D eigenvalue weighted by Crippen LogP contribution is -2.30. The number of pyridine rings is 1. The van der Waals surface area contributed by atoms with E-state index in [1.165, 1.54) is 7.11 Å². The summed E-state index contributed by atoms with van der Waals surface area (Å²) in [5, 5.41) is 5.09. The second-order valence-corrected chi connectivity index (χ2v) is 2.30. The zero-order chi connectivity index (χ0) is 9.52. The highest BCUT2D eigenvalue weighted by atomic mass is 16.5. The molecule has 0 aromatic carbocycles. The molecule has 5 nitrogen and oxygen atoms in total. The van der Waals surface area contributed by atoms with Gasteiger partial charge in [0.05, 0.1) is 0 Å². The fourth-order valence-electron chi connectivity index (χ4n) is 0.748. The molecule has 2 amide bonds. The molecule has 1 aromatic heterocycles. The van der Waals surface area contributed by atoms with E-state index in [1.807, 2.05) is 0 Å². The van der Waals surface area contributed by atoms with Gasteiger partial charge in [-0.15, -0.1) is 0 Å². The monoisotopic (exact) mass is 181 g/mol. The molecule has 2 N–H and O–H groups in total. The van der Waals surface area contributed by atoms with Gasteiger partial charge in [-0.1, -0.05) is 0 Å². The fourth-order valence-corrected chi connectivity index (χ4v) is 0.748. The van der Waals surface area contributed by atoms with Crippen molar-refractivity contribution in [2.75, 3.05) is 19.2 Å². The number of aromatic nitrogens is 1. The van der Waals surface area contributed by atoms with Gasteiger partial charge in [0.25, 0.3) is 0 Å². The average molecular weight is 181 g/mol. The van der Waals surface area contributed by atoms with Gasteiger partial charge in [-0.2, -0.15) is 0 Å². The van der Waals surface area contributed by atoms with E-state index in [2.05, 4.69) is 20.4 Å². The molecule has 0 unspecified atom stereocenters. The summed E-state index contributed by atoms with van der Waals surface area (Å²) in [6.07, 6.45) is 3.21. The number of hydrogen-bond acceptors (Lipinski definition) is 3. The third-order valence-corrected chi connectivity index (χ3v) is 1.32. The summed E-state index contributed by atoms with van der Waals surface area (Å²) >= 11 is 0. The van der Waals surface area contributed by atoms with Crippen LogP contribution in [0.2, 0.25) is 0 Å². The first kappa shape index (κ1) is 9.47. The maximum atomic E-state index is 11.0. The van der Waals surface area contributed by atoms with Gasteiger partial charge in [0.1, 0.15) is 6.73 Å². The van der Waals surface area contributed by atoms with Crippen LogP contribution in [-0.4, -0.2) is 24.9 Å². The Morgan fingerprint density at radius 2 is 2.23 bits per heavy atom. The minimum absolute atomic E-state index is 0.191. The highest BCUT2D eigenvalue weighted by molar-refractivity contribution is 5.88. The van der Waals surface area contributed by atoms with Gasteiger partial charge < -0.3 is 15.4 Å². The number of amides is 2. The molecule has 0 fully saturated rings. The number of methoxy groups -OCH3 is 1.